The van der Waals surface area contributed by atoms with Crippen LogP contribution < -0.4 is 4.74 Å². The van der Waals surface area contributed by atoms with Crippen molar-refractivity contribution in [3.63, 3.8) is 0 Å². The molecule has 0 radical (unpaired) electrons. The number of aliphatic imine (C=N–C) groups is 1. The van der Waals surface area contributed by atoms with Crippen LogP contribution in [0.1, 0.15) is 45.4 Å². The van der Waals surface area contributed by atoms with Crippen LogP contribution in [0.15, 0.2) is 58.3 Å². The van der Waals surface area contributed by atoms with Crippen molar-refractivity contribution >= 4 is 39.8 Å². The predicted octanol–water partition coefficient (Wildman–Crippen LogP) is 4.89. The first-order valence-corrected chi connectivity index (χ1v) is 11.5. The highest BCUT2D eigenvalue weighted by Gasteiger charge is 2.35. The Balaban J connectivity index is 1.44. The number of nitrogens with one attached hydrogen (secondary N) is 1. The van der Waals surface area contributed by atoms with Crippen molar-refractivity contribution in [2.75, 3.05) is 6.61 Å². The quantitative estimate of drug-likeness (QED) is 0.636. The van der Waals surface area contributed by atoms with Crippen molar-refractivity contribution in [2.24, 2.45) is 10.1 Å². The summed E-state index contributed by atoms with van der Waals surface area (Å²) in [5.41, 5.74) is 2.42. The monoisotopic (exact) mass is 449 g/mol. The number of benzene rings is 1. The summed E-state index contributed by atoms with van der Waals surface area (Å²) in [5, 5.41) is 15.6. The van der Waals surface area contributed by atoms with E-state index in [0.717, 1.165) is 22.9 Å². The van der Waals surface area contributed by atoms with E-state index in [-0.39, 0.29) is 16.8 Å². The number of hydrogen-bond acceptors (Lipinski definition) is 5. The third-order valence-corrected chi connectivity index (χ3v) is 6.33. The van der Waals surface area contributed by atoms with Gasteiger partial charge in [-0.15, -0.1) is 0 Å². The van der Waals surface area contributed by atoms with Crippen molar-refractivity contribution in [1.29, 1.82) is 5.41 Å². The number of nitrogens with zero attached hydrogens (tertiary/aromatic N) is 4. The molecule has 0 aliphatic carbocycles. The molecule has 1 N–H and O–H groups in total. The van der Waals surface area contributed by atoms with Gasteiger partial charge in [0.1, 0.15) is 17.4 Å². The molecular weight excluding hydrogens is 422 g/mol. The molecule has 0 atom stereocenters. The van der Waals surface area contributed by atoms with Gasteiger partial charge in [0.05, 0.1) is 12.1 Å². The Morgan fingerprint density at radius 2 is 1.94 bits per heavy atom. The van der Waals surface area contributed by atoms with Gasteiger partial charge >= 0.3 is 0 Å². The number of hydrogen-bond donors (Lipinski definition) is 1. The maximum Gasteiger partial charge on any atom is 0.283 e. The number of amidine groups is 2. The number of ether oxygens (including phenoxy) is 1. The second kappa shape index (κ2) is 8.78. The Labute approximate surface area is 192 Å². The molecule has 3 heterocycles. The highest BCUT2D eigenvalue weighted by atomic mass is 32.2. The van der Waals surface area contributed by atoms with Gasteiger partial charge in [-0.1, -0.05) is 39.8 Å². The Hall–Kier alpha value is -3.13. The Morgan fingerprint density at radius 1 is 1.19 bits per heavy atom. The maximum absolute atomic E-state index is 12.6. The van der Waals surface area contributed by atoms with Crippen LogP contribution in [-0.2, 0) is 16.8 Å². The second-order valence-corrected chi connectivity index (χ2v) is 9.66. The highest BCUT2D eigenvalue weighted by molar-refractivity contribution is 8.26. The van der Waals surface area contributed by atoms with Crippen molar-refractivity contribution < 1.29 is 9.53 Å². The average Bonchev–Trinajstić information content (AvgIpc) is 3.37. The molecule has 1 amide bonds. The first-order valence-electron chi connectivity index (χ1n) is 10.6. The molecular formula is C24H27N5O2S. The molecule has 1 aromatic carbocycles. The van der Waals surface area contributed by atoms with Gasteiger partial charge in [0.15, 0.2) is 5.84 Å². The smallest absolute Gasteiger partial charge is 0.283 e. The van der Waals surface area contributed by atoms with E-state index in [1.54, 1.807) is 6.08 Å². The normalized spacial score (nSPS) is 17.5. The standard InChI is InChI=1S/C24H27N5O2S/c1-5-20-27-29-21(25)19(22(30)26-23(29)32-20)15-17-7-6-12-28(17)13-14-31-18-10-8-16(9-11-18)24(2,3)4/h6-12,15,25H,5,13-14H2,1-4H3/b19-15-,25-21?. The van der Waals surface area contributed by atoms with Gasteiger partial charge in [-0.25, -0.2) is 0 Å². The molecule has 0 saturated carbocycles. The van der Waals surface area contributed by atoms with E-state index >= 15 is 0 Å². The Bertz CT molecular complexity index is 1140. The predicted molar refractivity (Wildman–Crippen MR) is 130 cm³/mol. The van der Waals surface area contributed by atoms with Crippen LogP contribution in [0.3, 0.4) is 0 Å². The molecule has 0 saturated heterocycles. The minimum absolute atomic E-state index is 0.0545. The summed E-state index contributed by atoms with van der Waals surface area (Å²) in [6, 6.07) is 12.0. The molecule has 0 fully saturated rings. The molecule has 0 unspecified atom stereocenters. The molecule has 2 aliphatic heterocycles. The number of hydrazone groups is 1. The van der Waals surface area contributed by atoms with Gasteiger partial charge in [-0.05, 0) is 59.5 Å². The molecule has 166 valence electrons. The van der Waals surface area contributed by atoms with E-state index in [4.69, 9.17) is 10.1 Å². The number of amides is 1. The van der Waals surface area contributed by atoms with Crippen LogP contribution >= 0.6 is 11.8 Å². The zero-order valence-electron chi connectivity index (χ0n) is 18.8. The van der Waals surface area contributed by atoms with Gasteiger partial charge in [0.2, 0.25) is 5.17 Å². The third-order valence-electron chi connectivity index (χ3n) is 5.28. The van der Waals surface area contributed by atoms with Crippen molar-refractivity contribution in [2.45, 2.75) is 46.1 Å². The van der Waals surface area contributed by atoms with Gasteiger partial charge in [0.25, 0.3) is 5.91 Å². The van der Waals surface area contributed by atoms with E-state index in [0.29, 0.717) is 18.3 Å². The van der Waals surface area contributed by atoms with E-state index in [1.165, 1.54) is 22.3 Å². The molecule has 0 bridgehead atoms. The van der Waals surface area contributed by atoms with Crippen LogP contribution in [0.5, 0.6) is 5.75 Å². The van der Waals surface area contributed by atoms with E-state index < -0.39 is 5.91 Å². The fourth-order valence-corrected chi connectivity index (χ4v) is 4.22. The molecule has 7 nitrogen and oxygen atoms in total. The SMILES string of the molecule is CCC1=NN2C(=N)/C(=C/c3cccn3CCOc3ccc(C(C)(C)C)cc3)C(=O)N=C2S1. The van der Waals surface area contributed by atoms with E-state index in [9.17, 15) is 4.79 Å². The number of thioether (sulfide) groups is 1. The van der Waals surface area contributed by atoms with Gasteiger partial charge in [0, 0.05) is 11.9 Å². The summed E-state index contributed by atoms with van der Waals surface area (Å²) < 4.78 is 7.91. The van der Waals surface area contributed by atoms with Crippen LogP contribution in [0.25, 0.3) is 6.08 Å². The lowest BCUT2D eigenvalue weighted by molar-refractivity contribution is -0.114. The third kappa shape index (κ3) is 4.55. The zero-order valence-corrected chi connectivity index (χ0v) is 19.6. The first kappa shape index (κ1) is 22.1. The van der Waals surface area contributed by atoms with E-state index in [2.05, 4.69) is 43.0 Å². The first-order chi connectivity index (χ1) is 15.3. The summed E-state index contributed by atoms with van der Waals surface area (Å²) in [6.07, 6.45) is 4.37. The summed E-state index contributed by atoms with van der Waals surface area (Å²) in [7, 11) is 0. The Kier molecular flexibility index (Phi) is 6.06. The number of fused-ring (bicyclic) bond motifs is 1. The fourth-order valence-electron chi connectivity index (χ4n) is 3.40. The minimum atomic E-state index is -0.413. The lowest BCUT2D eigenvalue weighted by Gasteiger charge is -2.20. The summed E-state index contributed by atoms with van der Waals surface area (Å²) >= 11 is 1.34. The van der Waals surface area contributed by atoms with Crippen LogP contribution in [0.4, 0.5) is 0 Å². The molecule has 2 aliphatic rings. The number of carbonyl (C=O) groups is 1. The molecule has 32 heavy (non-hydrogen) atoms. The highest BCUT2D eigenvalue weighted by Crippen LogP contribution is 2.29. The topological polar surface area (TPSA) is 83.0 Å². The lowest BCUT2D eigenvalue weighted by Crippen LogP contribution is -2.35. The van der Waals surface area contributed by atoms with Crippen LogP contribution in [0, 0.1) is 5.41 Å². The van der Waals surface area contributed by atoms with Crippen molar-refractivity contribution in [3.8, 4) is 5.75 Å². The summed E-state index contributed by atoms with van der Waals surface area (Å²) in [4.78, 5) is 16.7. The number of carbonyl (C=O) groups excluding carboxylic acids is 1. The van der Waals surface area contributed by atoms with Gasteiger partial charge in [-0.3, -0.25) is 10.2 Å². The van der Waals surface area contributed by atoms with E-state index in [1.807, 2.05) is 42.0 Å². The molecule has 0 spiro atoms. The molecule has 1 aromatic heterocycles. The zero-order chi connectivity index (χ0) is 22.9. The van der Waals surface area contributed by atoms with Crippen LogP contribution in [-0.4, -0.2) is 38.1 Å². The lowest BCUT2D eigenvalue weighted by atomic mass is 9.87. The van der Waals surface area contributed by atoms with Gasteiger partial charge in [-0.2, -0.15) is 15.1 Å². The largest absolute Gasteiger partial charge is 0.492 e. The number of aromatic nitrogens is 1. The maximum atomic E-state index is 12.6. The van der Waals surface area contributed by atoms with Crippen molar-refractivity contribution in [1.82, 2.24) is 9.58 Å². The second-order valence-electron chi connectivity index (χ2n) is 8.62. The van der Waals surface area contributed by atoms with Crippen molar-refractivity contribution in [3.05, 3.63) is 59.4 Å². The molecule has 8 heteroatoms. The fraction of sp³-hybridized carbons (Fsp3) is 0.333. The summed E-state index contributed by atoms with van der Waals surface area (Å²) in [6.45, 7) is 9.64. The molecule has 2 aromatic rings. The average molecular weight is 450 g/mol. The van der Waals surface area contributed by atoms with Gasteiger partial charge < -0.3 is 9.30 Å². The minimum Gasteiger partial charge on any atom is -0.492 e. The summed E-state index contributed by atoms with van der Waals surface area (Å²) in [5.74, 6) is 0.468. The van der Waals surface area contributed by atoms with Crippen LogP contribution in [0.2, 0.25) is 0 Å². The molecule has 4 rings (SSSR count). The Morgan fingerprint density at radius 3 is 2.62 bits per heavy atom. The number of rotatable bonds is 6.